The molecule has 3 aromatic heterocycles. The normalized spacial score (nSPS) is 14.5. The van der Waals surface area contributed by atoms with Crippen molar-refractivity contribution in [2.45, 2.75) is 58.1 Å². The molecule has 1 saturated carbocycles. The van der Waals surface area contributed by atoms with Gasteiger partial charge in [-0.15, -0.1) is 0 Å². The van der Waals surface area contributed by atoms with Crippen molar-refractivity contribution >= 4 is 35.0 Å². The van der Waals surface area contributed by atoms with Gasteiger partial charge >= 0.3 is 0 Å². The lowest BCUT2D eigenvalue weighted by atomic mass is 10.1. The number of nitrogens with zero attached hydrogens (tertiary/aromatic N) is 6. The van der Waals surface area contributed by atoms with Crippen molar-refractivity contribution in [2.24, 2.45) is 0 Å². The van der Waals surface area contributed by atoms with Crippen molar-refractivity contribution in [3.8, 4) is 17.3 Å². The summed E-state index contributed by atoms with van der Waals surface area (Å²) in [6.45, 7) is 10.1. The maximum atomic E-state index is 5.87. The van der Waals surface area contributed by atoms with Crippen LogP contribution in [-0.4, -0.2) is 51.5 Å². The zero-order valence-corrected chi connectivity index (χ0v) is 20.7. The van der Waals surface area contributed by atoms with Gasteiger partial charge in [0, 0.05) is 20.6 Å². The minimum Gasteiger partial charge on any atom is -0.480 e. The standard InChI is InChI=1S/C20H27BrN6O2Si/c1-12-15-17(18(21)27(26-15)11-29-8-9-30(3,4)5)25-19(24-12)14-16(13-6-7-13)22-10-23-20(14)28-2/h10,13H,6-9,11H2,1-5H3. The van der Waals surface area contributed by atoms with E-state index in [1.54, 1.807) is 18.1 Å². The van der Waals surface area contributed by atoms with Gasteiger partial charge in [-0.25, -0.2) is 24.6 Å². The number of hydrogen-bond donors (Lipinski definition) is 0. The van der Waals surface area contributed by atoms with Crippen LogP contribution in [0.4, 0.5) is 0 Å². The van der Waals surface area contributed by atoms with Gasteiger partial charge in [-0.1, -0.05) is 19.6 Å². The van der Waals surface area contributed by atoms with Crippen molar-refractivity contribution < 1.29 is 9.47 Å². The Morgan fingerprint density at radius 2 is 1.93 bits per heavy atom. The third-order valence-corrected chi connectivity index (χ3v) is 7.62. The van der Waals surface area contributed by atoms with E-state index in [1.165, 1.54) is 0 Å². The molecule has 8 nitrogen and oxygen atoms in total. The van der Waals surface area contributed by atoms with Crippen LogP contribution in [0.3, 0.4) is 0 Å². The number of methoxy groups -OCH3 is 1. The highest BCUT2D eigenvalue weighted by atomic mass is 79.9. The third kappa shape index (κ3) is 4.40. The van der Waals surface area contributed by atoms with Crippen LogP contribution < -0.4 is 4.74 Å². The summed E-state index contributed by atoms with van der Waals surface area (Å²) < 4.78 is 14.0. The summed E-state index contributed by atoms with van der Waals surface area (Å²) in [4.78, 5) is 18.4. The molecule has 30 heavy (non-hydrogen) atoms. The Morgan fingerprint density at radius 1 is 1.17 bits per heavy atom. The highest BCUT2D eigenvalue weighted by Crippen LogP contribution is 2.45. The van der Waals surface area contributed by atoms with Gasteiger partial charge in [0.05, 0.1) is 18.5 Å². The molecule has 0 atom stereocenters. The lowest BCUT2D eigenvalue weighted by Gasteiger charge is -2.15. The Labute approximate surface area is 185 Å². The number of fused-ring (bicyclic) bond motifs is 1. The molecule has 160 valence electrons. The van der Waals surface area contributed by atoms with Crippen LogP contribution >= 0.6 is 15.9 Å². The Hall–Kier alpha value is -1.91. The van der Waals surface area contributed by atoms with E-state index in [1.807, 2.05) is 6.92 Å². The molecule has 0 N–H and O–H groups in total. The van der Waals surface area contributed by atoms with Crippen LogP contribution in [0.5, 0.6) is 5.88 Å². The van der Waals surface area contributed by atoms with Crippen molar-refractivity contribution in [3.63, 3.8) is 0 Å². The molecule has 3 heterocycles. The van der Waals surface area contributed by atoms with E-state index >= 15 is 0 Å². The summed E-state index contributed by atoms with van der Waals surface area (Å²) in [5, 5.41) is 4.66. The largest absolute Gasteiger partial charge is 0.480 e. The number of ether oxygens (including phenoxy) is 2. The monoisotopic (exact) mass is 490 g/mol. The molecule has 3 aromatic rings. The van der Waals surface area contributed by atoms with Crippen LogP contribution in [0, 0.1) is 6.92 Å². The van der Waals surface area contributed by atoms with Crippen molar-refractivity contribution in [3.05, 3.63) is 22.3 Å². The molecule has 0 bridgehead atoms. The first-order chi connectivity index (χ1) is 14.3. The summed E-state index contributed by atoms with van der Waals surface area (Å²) >= 11 is 3.66. The van der Waals surface area contributed by atoms with Gasteiger partial charge in [-0.3, -0.25) is 0 Å². The molecule has 1 fully saturated rings. The molecule has 0 unspecified atom stereocenters. The molecule has 1 aliphatic rings. The Kier molecular flexibility index (Phi) is 5.91. The summed E-state index contributed by atoms with van der Waals surface area (Å²) in [6.07, 6.45) is 3.78. The Bertz CT molecular complexity index is 1080. The zero-order valence-electron chi connectivity index (χ0n) is 18.1. The smallest absolute Gasteiger partial charge is 0.227 e. The molecular weight excluding hydrogens is 464 g/mol. The topological polar surface area (TPSA) is 87.8 Å². The fourth-order valence-electron chi connectivity index (χ4n) is 3.26. The van der Waals surface area contributed by atoms with Crippen LogP contribution in [0.15, 0.2) is 10.9 Å². The number of halogens is 1. The average molecular weight is 491 g/mol. The van der Waals surface area contributed by atoms with Gasteiger partial charge in [0.2, 0.25) is 5.88 Å². The molecule has 4 rings (SSSR count). The van der Waals surface area contributed by atoms with Gasteiger partial charge in [0.25, 0.3) is 0 Å². The maximum absolute atomic E-state index is 5.87. The average Bonchev–Trinajstić information content (AvgIpc) is 3.49. The van der Waals surface area contributed by atoms with Gasteiger partial charge in [-0.2, -0.15) is 5.10 Å². The summed E-state index contributed by atoms with van der Waals surface area (Å²) in [5.74, 6) is 1.49. The van der Waals surface area contributed by atoms with Gasteiger partial charge in [0.1, 0.15) is 34.3 Å². The van der Waals surface area contributed by atoms with Crippen molar-refractivity contribution in [1.29, 1.82) is 0 Å². The van der Waals surface area contributed by atoms with E-state index in [9.17, 15) is 0 Å². The van der Waals surface area contributed by atoms with E-state index in [0.29, 0.717) is 24.4 Å². The fourth-order valence-corrected chi connectivity index (χ4v) is 4.47. The van der Waals surface area contributed by atoms with Crippen LogP contribution in [0.1, 0.15) is 30.1 Å². The van der Waals surface area contributed by atoms with Crippen molar-refractivity contribution in [2.75, 3.05) is 13.7 Å². The SMILES string of the molecule is COc1ncnc(C2CC2)c1-c1nc(C)c2nn(COCC[Si](C)(C)C)c(Br)c2n1. The predicted octanol–water partition coefficient (Wildman–Crippen LogP) is 4.55. The quantitative estimate of drug-likeness (QED) is 0.337. The van der Waals surface area contributed by atoms with E-state index in [2.05, 4.69) is 50.6 Å². The molecule has 0 saturated heterocycles. The summed E-state index contributed by atoms with van der Waals surface area (Å²) in [5.41, 5.74) is 4.03. The van der Waals surface area contributed by atoms with Gasteiger partial charge in [-0.05, 0) is 41.7 Å². The Balaban J connectivity index is 1.69. The van der Waals surface area contributed by atoms with E-state index < -0.39 is 8.07 Å². The first-order valence-corrected chi connectivity index (χ1v) is 14.7. The van der Waals surface area contributed by atoms with E-state index in [4.69, 9.17) is 19.4 Å². The maximum Gasteiger partial charge on any atom is 0.227 e. The van der Waals surface area contributed by atoms with Crippen LogP contribution in [0.25, 0.3) is 22.4 Å². The van der Waals surface area contributed by atoms with E-state index in [0.717, 1.165) is 58.1 Å². The highest BCUT2D eigenvalue weighted by Gasteiger charge is 2.32. The highest BCUT2D eigenvalue weighted by molar-refractivity contribution is 9.10. The minimum atomic E-state index is -1.13. The molecule has 0 spiro atoms. The number of aromatic nitrogens is 6. The third-order valence-electron chi connectivity index (χ3n) is 5.13. The first kappa shape index (κ1) is 21.3. The molecule has 10 heteroatoms. The van der Waals surface area contributed by atoms with Crippen LogP contribution in [0.2, 0.25) is 25.7 Å². The lowest BCUT2D eigenvalue weighted by Crippen LogP contribution is -2.22. The lowest BCUT2D eigenvalue weighted by molar-refractivity contribution is 0.0775. The molecule has 0 aliphatic heterocycles. The minimum absolute atomic E-state index is 0.376. The second-order valence-electron chi connectivity index (χ2n) is 8.89. The number of rotatable bonds is 8. The Morgan fingerprint density at radius 3 is 2.60 bits per heavy atom. The molecule has 0 radical (unpaired) electrons. The summed E-state index contributed by atoms with van der Waals surface area (Å²) in [7, 11) is 0.485. The fraction of sp³-hybridized carbons (Fsp3) is 0.550. The van der Waals surface area contributed by atoms with Gasteiger partial charge in [0.15, 0.2) is 5.82 Å². The molecule has 0 amide bonds. The number of aryl methyl sites for hydroxylation is 1. The molecule has 0 aromatic carbocycles. The second-order valence-corrected chi connectivity index (χ2v) is 15.3. The predicted molar refractivity (Wildman–Crippen MR) is 121 cm³/mol. The van der Waals surface area contributed by atoms with Gasteiger partial charge < -0.3 is 9.47 Å². The first-order valence-electron chi connectivity index (χ1n) is 10.2. The van der Waals surface area contributed by atoms with E-state index in [-0.39, 0.29) is 0 Å². The van der Waals surface area contributed by atoms with Crippen LogP contribution in [-0.2, 0) is 11.5 Å². The zero-order chi connectivity index (χ0) is 21.5. The van der Waals surface area contributed by atoms with Crippen molar-refractivity contribution in [1.82, 2.24) is 29.7 Å². The second kappa shape index (κ2) is 8.31. The number of hydrogen-bond acceptors (Lipinski definition) is 7. The molecular formula is C20H27BrN6O2Si. The summed E-state index contributed by atoms with van der Waals surface area (Å²) in [6, 6.07) is 1.12. The molecule has 1 aliphatic carbocycles.